The molecule has 3 aliphatic rings. The van der Waals surface area contributed by atoms with Gasteiger partial charge in [0.25, 0.3) is 0 Å². The number of likely N-dealkylation sites (N-methyl/N-ethyl adjacent to an activating group) is 1. The zero-order chi connectivity index (χ0) is 14.9. The van der Waals surface area contributed by atoms with Crippen molar-refractivity contribution in [1.82, 2.24) is 9.80 Å². The molecule has 1 amide bonds. The lowest BCUT2D eigenvalue weighted by Crippen LogP contribution is -2.51. The minimum Gasteiger partial charge on any atom is -0.347 e. The maximum atomic E-state index is 12.6. The highest BCUT2D eigenvalue weighted by molar-refractivity contribution is 5.78. The Bertz CT molecular complexity index is 378. The van der Waals surface area contributed by atoms with E-state index in [4.69, 9.17) is 9.47 Å². The van der Waals surface area contributed by atoms with E-state index in [1.807, 2.05) is 11.8 Å². The fraction of sp³-hybridized carbons (Fsp3) is 0.938. The molecule has 120 valence electrons. The molecule has 1 saturated carbocycles. The van der Waals surface area contributed by atoms with Crippen LogP contribution in [0.2, 0.25) is 0 Å². The number of likely N-dealkylation sites (tertiary alicyclic amines) is 1. The smallest absolute Gasteiger partial charge is 0.236 e. The van der Waals surface area contributed by atoms with Crippen LogP contribution in [0, 0.1) is 5.92 Å². The molecule has 3 fully saturated rings. The van der Waals surface area contributed by atoms with Crippen LogP contribution in [0.15, 0.2) is 0 Å². The molecular formula is C16H28N2O3. The highest BCUT2D eigenvalue weighted by Crippen LogP contribution is 2.34. The lowest BCUT2D eigenvalue weighted by atomic mass is 9.90. The predicted molar refractivity (Wildman–Crippen MR) is 79.9 cm³/mol. The zero-order valence-corrected chi connectivity index (χ0v) is 13.3. The summed E-state index contributed by atoms with van der Waals surface area (Å²) in [5, 5.41) is 0. The molecule has 0 N–H and O–H groups in total. The fourth-order valence-corrected chi connectivity index (χ4v) is 3.61. The van der Waals surface area contributed by atoms with E-state index in [2.05, 4.69) is 11.8 Å². The summed E-state index contributed by atoms with van der Waals surface area (Å²) in [5.41, 5.74) is 0. The number of hydrogen-bond acceptors (Lipinski definition) is 4. The number of ether oxygens (including phenoxy) is 2. The third-order valence-corrected chi connectivity index (χ3v) is 5.18. The zero-order valence-electron chi connectivity index (χ0n) is 13.3. The van der Waals surface area contributed by atoms with Crippen LogP contribution in [-0.4, -0.2) is 66.9 Å². The molecule has 5 nitrogen and oxygen atoms in total. The molecular weight excluding hydrogens is 268 g/mol. The van der Waals surface area contributed by atoms with Crippen molar-refractivity contribution >= 4 is 5.91 Å². The van der Waals surface area contributed by atoms with Gasteiger partial charge in [0.2, 0.25) is 5.91 Å². The highest BCUT2D eigenvalue weighted by Gasteiger charge is 2.42. The van der Waals surface area contributed by atoms with Gasteiger partial charge in [-0.15, -0.1) is 0 Å². The monoisotopic (exact) mass is 296 g/mol. The van der Waals surface area contributed by atoms with E-state index in [1.54, 1.807) is 0 Å². The normalized spacial score (nSPS) is 29.1. The van der Waals surface area contributed by atoms with Crippen molar-refractivity contribution in [3.8, 4) is 0 Å². The van der Waals surface area contributed by atoms with Gasteiger partial charge in [0.1, 0.15) is 0 Å². The molecule has 3 rings (SSSR count). The number of piperidine rings is 1. The summed E-state index contributed by atoms with van der Waals surface area (Å²) in [6.07, 6.45) is 4.64. The fourth-order valence-electron chi connectivity index (χ4n) is 3.61. The van der Waals surface area contributed by atoms with E-state index in [-0.39, 0.29) is 5.91 Å². The molecule has 0 radical (unpaired) electrons. The molecule has 2 heterocycles. The van der Waals surface area contributed by atoms with Crippen LogP contribution in [0.5, 0.6) is 0 Å². The van der Waals surface area contributed by atoms with E-state index in [9.17, 15) is 4.79 Å². The first-order valence-electron chi connectivity index (χ1n) is 8.42. The van der Waals surface area contributed by atoms with Crippen LogP contribution < -0.4 is 0 Å². The molecule has 0 aromatic carbocycles. The number of amides is 1. The molecule has 1 aliphatic carbocycles. The molecule has 0 aromatic heterocycles. The third-order valence-electron chi connectivity index (χ3n) is 5.18. The van der Waals surface area contributed by atoms with Gasteiger partial charge in [-0.1, -0.05) is 6.92 Å². The van der Waals surface area contributed by atoms with Crippen LogP contribution in [0.1, 0.15) is 39.5 Å². The van der Waals surface area contributed by atoms with E-state index in [1.165, 1.54) is 12.8 Å². The van der Waals surface area contributed by atoms with Gasteiger partial charge in [-0.3, -0.25) is 9.69 Å². The molecule has 1 atom stereocenters. The second-order valence-corrected chi connectivity index (χ2v) is 6.69. The number of carbonyl (C=O) groups is 1. The lowest BCUT2D eigenvalue weighted by molar-refractivity contribution is -0.193. The SMILES string of the molecule is CCN(CC(=O)N1CCC[C@H](C2(C)OCCO2)C1)C1CC1. The molecule has 0 bridgehead atoms. The van der Waals surface area contributed by atoms with Crippen molar-refractivity contribution in [2.75, 3.05) is 39.4 Å². The van der Waals surface area contributed by atoms with Crippen molar-refractivity contribution in [2.24, 2.45) is 5.92 Å². The Hall–Kier alpha value is -0.650. The van der Waals surface area contributed by atoms with Gasteiger partial charge in [0.05, 0.1) is 19.8 Å². The highest BCUT2D eigenvalue weighted by atomic mass is 16.7. The lowest BCUT2D eigenvalue weighted by Gasteiger charge is -2.40. The maximum Gasteiger partial charge on any atom is 0.236 e. The summed E-state index contributed by atoms with van der Waals surface area (Å²) < 4.78 is 11.6. The first-order chi connectivity index (χ1) is 10.1. The van der Waals surface area contributed by atoms with E-state index in [0.717, 1.165) is 32.5 Å². The van der Waals surface area contributed by atoms with E-state index in [0.29, 0.717) is 31.7 Å². The molecule has 0 aromatic rings. The minimum absolute atomic E-state index is 0.273. The Kier molecular flexibility index (Phi) is 4.52. The average Bonchev–Trinajstić information content (AvgIpc) is 3.26. The van der Waals surface area contributed by atoms with E-state index < -0.39 is 5.79 Å². The topological polar surface area (TPSA) is 42.0 Å². The first-order valence-corrected chi connectivity index (χ1v) is 8.42. The summed E-state index contributed by atoms with van der Waals surface area (Å²) in [7, 11) is 0. The van der Waals surface area contributed by atoms with Crippen LogP contribution in [-0.2, 0) is 14.3 Å². The Balaban J connectivity index is 1.56. The quantitative estimate of drug-likeness (QED) is 0.770. The summed E-state index contributed by atoms with van der Waals surface area (Å²) >= 11 is 0. The first kappa shape index (κ1) is 15.3. The van der Waals surface area contributed by atoms with Crippen LogP contribution in [0.3, 0.4) is 0 Å². The van der Waals surface area contributed by atoms with Crippen molar-refractivity contribution in [3.63, 3.8) is 0 Å². The Morgan fingerprint density at radius 2 is 2.00 bits per heavy atom. The van der Waals surface area contributed by atoms with Crippen molar-refractivity contribution < 1.29 is 14.3 Å². The Morgan fingerprint density at radius 3 is 2.62 bits per heavy atom. The summed E-state index contributed by atoms with van der Waals surface area (Å²) in [5.74, 6) is 0.0867. The molecule has 5 heteroatoms. The second-order valence-electron chi connectivity index (χ2n) is 6.69. The third kappa shape index (κ3) is 3.41. The number of rotatable bonds is 5. The second kappa shape index (κ2) is 6.23. The van der Waals surface area contributed by atoms with Crippen LogP contribution in [0.25, 0.3) is 0 Å². The average molecular weight is 296 g/mol. The summed E-state index contributed by atoms with van der Waals surface area (Å²) in [4.78, 5) is 16.9. The van der Waals surface area contributed by atoms with Gasteiger partial charge in [-0.2, -0.15) is 0 Å². The van der Waals surface area contributed by atoms with Gasteiger partial charge in [0.15, 0.2) is 5.79 Å². The summed E-state index contributed by atoms with van der Waals surface area (Å²) in [6, 6.07) is 0.651. The summed E-state index contributed by atoms with van der Waals surface area (Å²) in [6.45, 7) is 8.72. The van der Waals surface area contributed by atoms with Crippen molar-refractivity contribution in [3.05, 3.63) is 0 Å². The molecule has 2 aliphatic heterocycles. The minimum atomic E-state index is -0.486. The maximum absolute atomic E-state index is 12.6. The van der Waals surface area contributed by atoms with Crippen LogP contribution >= 0.6 is 0 Å². The standard InChI is InChI=1S/C16H28N2O3/c1-3-17(14-6-7-14)12-15(19)18-8-4-5-13(11-18)16(2)20-9-10-21-16/h13-14H,3-12H2,1-2H3/t13-/m0/s1. The van der Waals surface area contributed by atoms with Gasteiger partial charge < -0.3 is 14.4 Å². The van der Waals surface area contributed by atoms with Crippen LogP contribution in [0.4, 0.5) is 0 Å². The van der Waals surface area contributed by atoms with Gasteiger partial charge in [-0.05, 0) is 39.2 Å². The van der Waals surface area contributed by atoms with Gasteiger partial charge in [-0.25, -0.2) is 0 Å². The number of carbonyl (C=O) groups excluding carboxylic acids is 1. The largest absolute Gasteiger partial charge is 0.347 e. The van der Waals surface area contributed by atoms with Gasteiger partial charge in [0, 0.05) is 25.0 Å². The molecule has 2 saturated heterocycles. The van der Waals surface area contributed by atoms with Gasteiger partial charge >= 0.3 is 0 Å². The van der Waals surface area contributed by atoms with Crippen molar-refractivity contribution in [2.45, 2.75) is 51.4 Å². The molecule has 0 spiro atoms. The molecule has 0 unspecified atom stereocenters. The number of hydrogen-bond donors (Lipinski definition) is 0. The van der Waals surface area contributed by atoms with E-state index >= 15 is 0 Å². The predicted octanol–water partition coefficient (Wildman–Crippen LogP) is 1.47. The number of nitrogens with zero attached hydrogens (tertiary/aromatic N) is 2. The van der Waals surface area contributed by atoms with Crippen molar-refractivity contribution in [1.29, 1.82) is 0 Å². The Labute approximate surface area is 127 Å². The molecule has 21 heavy (non-hydrogen) atoms. The Morgan fingerprint density at radius 1 is 1.29 bits per heavy atom.